The first kappa shape index (κ1) is 10.6. The SMILES string of the molecule is Cc1ccc(Cl)c(C)c1N.Cl. The third kappa shape index (κ3) is 2.01. The lowest BCUT2D eigenvalue weighted by Crippen LogP contribution is -1.93. The Morgan fingerprint density at radius 3 is 2.27 bits per heavy atom. The molecule has 3 heteroatoms. The second-order valence-electron chi connectivity index (χ2n) is 2.40. The Balaban J connectivity index is 0.000001000. The van der Waals surface area contributed by atoms with Crippen LogP contribution in [0, 0.1) is 13.8 Å². The minimum atomic E-state index is 0. The maximum atomic E-state index is 5.81. The van der Waals surface area contributed by atoms with E-state index in [1.54, 1.807) is 0 Å². The van der Waals surface area contributed by atoms with E-state index in [-0.39, 0.29) is 12.4 Å². The van der Waals surface area contributed by atoms with E-state index in [2.05, 4.69) is 0 Å². The fourth-order valence-corrected chi connectivity index (χ4v) is 1.00. The molecule has 0 bridgehead atoms. The number of anilines is 1. The van der Waals surface area contributed by atoms with Crippen molar-refractivity contribution in [3.05, 3.63) is 28.3 Å². The fraction of sp³-hybridized carbons (Fsp3) is 0.250. The summed E-state index contributed by atoms with van der Waals surface area (Å²) in [6, 6.07) is 3.78. The van der Waals surface area contributed by atoms with Crippen LogP contribution in [0.25, 0.3) is 0 Å². The van der Waals surface area contributed by atoms with Crippen molar-refractivity contribution >= 4 is 29.7 Å². The Morgan fingerprint density at radius 2 is 1.82 bits per heavy atom. The summed E-state index contributed by atoms with van der Waals surface area (Å²) in [5.41, 5.74) is 8.56. The van der Waals surface area contributed by atoms with Gasteiger partial charge in [-0.05, 0) is 31.0 Å². The molecule has 0 amide bonds. The molecule has 1 aromatic rings. The summed E-state index contributed by atoms with van der Waals surface area (Å²) < 4.78 is 0. The van der Waals surface area contributed by atoms with Crippen LogP contribution in [-0.2, 0) is 0 Å². The molecule has 0 radical (unpaired) electrons. The van der Waals surface area contributed by atoms with Gasteiger partial charge in [0.25, 0.3) is 0 Å². The first-order chi connectivity index (χ1) is 4.63. The molecule has 0 atom stereocenters. The van der Waals surface area contributed by atoms with Crippen molar-refractivity contribution in [1.29, 1.82) is 0 Å². The molecule has 1 aromatic carbocycles. The summed E-state index contributed by atoms with van der Waals surface area (Å²) in [7, 11) is 0. The lowest BCUT2D eigenvalue weighted by molar-refractivity contribution is 1.39. The van der Waals surface area contributed by atoms with Gasteiger partial charge in [0.05, 0.1) is 0 Å². The van der Waals surface area contributed by atoms with Crippen LogP contribution in [0.2, 0.25) is 5.02 Å². The van der Waals surface area contributed by atoms with Gasteiger partial charge in [0.15, 0.2) is 0 Å². The summed E-state index contributed by atoms with van der Waals surface area (Å²) in [4.78, 5) is 0. The Kier molecular flexibility index (Phi) is 3.70. The van der Waals surface area contributed by atoms with Gasteiger partial charge in [0, 0.05) is 10.7 Å². The van der Waals surface area contributed by atoms with E-state index in [4.69, 9.17) is 17.3 Å². The first-order valence-corrected chi connectivity index (χ1v) is 3.52. The van der Waals surface area contributed by atoms with Crippen molar-refractivity contribution in [2.75, 3.05) is 5.73 Å². The van der Waals surface area contributed by atoms with Crippen molar-refractivity contribution in [2.45, 2.75) is 13.8 Å². The number of nitrogen functional groups attached to an aromatic ring is 1. The molecule has 0 aromatic heterocycles. The van der Waals surface area contributed by atoms with E-state index in [1.807, 2.05) is 26.0 Å². The predicted octanol–water partition coefficient (Wildman–Crippen LogP) is 2.96. The summed E-state index contributed by atoms with van der Waals surface area (Å²) >= 11 is 5.81. The standard InChI is InChI=1S/C8H10ClN.ClH/c1-5-3-4-7(9)6(2)8(5)10;/h3-4H,10H2,1-2H3;1H. The summed E-state index contributed by atoms with van der Waals surface area (Å²) in [5.74, 6) is 0. The number of hydrogen-bond acceptors (Lipinski definition) is 1. The number of halogens is 2. The number of rotatable bonds is 0. The van der Waals surface area contributed by atoms with Crippen molar-refractivity contribution in [2.24, 2.45) is 0 Å². The van der Waals surface area contributed by atoms with Gasteiger partial charge in [-0.3, -0.25) is 0 Å². The maximum absolute atomic E-state index is 5.81. The van der Waals surface area contributed by atoms with Gasteiger partial charge in [0.1, 0.15) is 0 Å². The van der Waals surface area contributed by atoms with Crippen LogP contribution in [0.4, 0.5) is 5.69 Å². The molecule has 0 fully saturated rings. The number of aryl methyl sites for hydroxylation is 1. The molecule has 11 heavy (non-hydrogen) atoms. The van der Waals surface area contributed by atoms with Crippen LogP contribution in [0.1, 0.15) is 11.1 Å². The topological polar surface area (TPSA) is 26.0 Å². The number of nitrogens with two attached hydrogens (primary N) is 1. The second kappa shape index (κ2) is 3.84. The number of hydrogen-bond donors (Lipinski definition) is 1. The fourth-order valence-electron chi connectivity index (χ4n) is 0.837. The average Bonchev–Trinajstić information content (AvgIpc) is 1.93. The summed E-state index contributed by atoms with van der Waals surface area (Å²) in [5, 5.41) is 0.739. The second-order valence-corrected chi connectivity index (χ2v) is 2.81. The molecule has 62 valence electrons. The van der Waals surface area contributed by atoms with E-state index in [1.165, 1.54) is 0 Å². The van der Waals surface area contributed by atoms with Crippen molar-refractivity contribution < 1.29 is 0 Å². The van der Waals surface area contributed by atoms with Crippen molar-refractivity contribution in [3.8, 4) is 0 Å². The smallest absolute Gasteiger partial charge is 0.0455 e. The van der Waals surface area contributed by atoms with Crippen LogP contribution in [0.3, 0.4) is 0 Å². The first-order valence-electron chi connectivity index (χ1n) is 3.14. The van der Waals surface area contributed by atoms with E-state index in [0.29, 0.717) is 0 Å². The lowest BCUT2D eigenvalue weighted by Gasteiger charge is -2.04. The van der Waals surface area contributed by atoms with Crippen molar-refractivity contribution in [3.63, 3.8) is 0 Å². The van der Waals surface area contributed by atoms with E-state index >= 15 is 0 Å². The van der Waals surface area contributed by atoms with Gasteiger partial charge in [0.2, 0.25) is 0 Å². The van der Waals surface area contributed by atoms with Gasteiger partial charge >= 0.3 is 0 Å². The zero-order valence-corrected chi connectivity index (χ0v) is 8.09. The normalized spacial score (nSPS) is 9.00. The Labute approximate surface area is 78.0 Å². The Bertz CT molecular complexity index is 232. The molecule has 1 nitrogen and oxygen atoms in total. The Hall–Kier alpha value is -0.400. The van der Waals surface area contributed by atoms with Crippen LogP contribution >= 0.6 is 24.0 Å². The highest BCUT2D eigenvalue weighted by Crippen LogP contribution is 2.23. The quantitative estimate of drug-likeness (QED) is 0.628. The predicted molar refractivity (Wildman–Crippen MR) is 52.6 cm³/mol. The van der Waals surface area contributed by atoms with Gasteiger partial charge in [-0.1, -0.05) is 17.7 Å². The third-order valence-corrected chi connectivity index (χ3v) is 2.08. The van der Waals surface area contributed by atoms with E-state index < -0.39 is 0 Å². The van der Waals surface area contributed by atoms with E-state index in [0.717, 1.165) is 21.8 Å². The van der Waals surface area contributed by atoms with E-state index in [9.17, 15) is 0 Å². The van der Waals surface area contributed by atoms with Crippen LogP contribution in [0.5, 0.6) is 0 Å². The maximum Gasteiger partial charge on any atom is 0.0455 e. The third-order valence-electron chi connectivity index (χ3n) is 1.67. The zero-order valence-electron chi connectivity index (χ0n) is 6.52. The van der Waals surface area contributed by atoms with Gasteiger partial charge in [-0.2, -0.15) is 0 Å². The Morgan fingerprint density at radius 1 is 1.27 bits per heavy atom. The molecular formula is C8H11Cl2N. The average molecular weight is 192 g/mol. The number of benzene rings is 1. The molecule has 0 heterocycles. The minimum absolute atomic E-state index is 0. The molecular weight excluding hydrogens is 181 g/mol. The molecule has 0 saturated carbocycles. The molecule has 1 rings (SSSR count). The van der Waals surface area contributed by atoms with Crippen LogP contribution < -0.4 is 5.73 Å². The molecule has 2 N–H and O–H groups in total. The minimum Gasteiger partial charge on any atom is -0.398 e. The molecule has 0 aliphatic carbocycles. The monoisotopic (exact) mass is 191 g/mol. The largest absolute Gasteiger partial charge is 0.398 e. The lowest BCUT2D eigenvalue weighted by atomic mass is 10.1. The highest BCUT2D eigenvalue weighted by atomic mass is 35.5. The molecule has 0 saturated heterocycles. The highest BCUT2D eigenvalue weighted by molar-refractivity contribution is 6.31. The molecule has 0 unspecified atom stereocenters. The van der Waals surface area contributed by atoms with Gasteiger partial charge < -0.3 is 5.73 Å². The molecule has 0 aliphatic heterocycles. The summed E-state index contributed by atoms with van der Waals surface area (Å²) in [6.45, 7) is 3.89. The highest BCUT2D eigenvalue weighted by Gasteiger charge is 2.00. The van der Waals surface area contributed by atoms with Crippen molar-refractivity contribution in [1.82, 2.24) is 0 Å². The van der Waals surface area contributed by atoms with Gasteiger partial charge in [-0.15, -0.1) is 12.4 Å². The summed E-state index contributed by atoms with van der Waals surface area (Å²) in [6.07, 6.45) is 0. The molecule has 0 spiro atoms. The van der Waals surface area contributed by atoms with Crippen LogP contribution in [0.15, 0.2) is 12.1 Å². The molecule has 0 aliphatic rings. The van der Waals surface area contributed by atoms with Gasteiger partial charge in [-0.25, -0.2) is 0 Å². The van der Waals surface area contributed by atoms with Crippen LogP contribution in [-0.4, -0.2) is 0 Å². The zero-order chi connectivity index (χ0) is 7.72.